The minimum absolute atomic E-state index is 0.0793. The highest BCUT2D eigenvalue weighted by Gasteiger charge is 2.21. The Labute approximate surface area is 157 Å². The highest BCUT2D eigenvalue weighted by atomic mass is 32.1. The number of thiazole rings is 1. The van der Waals surface area contributed by atoms with Crippen molar-refractivity contribution < 1.29 is 9.18 Å². The van der Waals surface area contributed by atoms with E-state index in [0.29, 0.717) is 6.04 Å². The molecule has 1 N–H and O–H groups in total. The van der Waals surface area contributed by atoms with Crippen molar-refractivity contribution in [1.29, 1.82) is 0 Å². The molecule has 1 saturated heterocycles. The van der Waals surface area contributed by atoms with E-state index in [1.807, 2.05) is 5.38 Å². The lowest BCUT2D eigenvalue weighted by Gasteiger charge is -2.34. The first-order valence-corrected chi connectivity index (χ1v) is 9.83. The number of amides is 1. The van der Waals surface area contributed by atoms with Crippen LogP contribution in [0.3, 0.4) is 0 Å². The summed E-state index contributed by atoms with van der Waals surface area (Å²) < 4.78 is 13.0. The molecule has 1 aliphatic heterocycles. The lowest BCUT2D eigenvalue weighted by atomic mass is 10.0. The van der Waals surface area contributed by atoms with Gasteiger partial charge in [0.2, 0.25) is 5.91 Å². The second-order valence-corrected chi connectivity index (χ2v) is 7.69. The molecule has 1 aliphatic rings. The van der Waals surface area contributed by atoms with Crippen molar-refractivity contribution in [2.45, 2.75) is 38.8 Å². The molecule has 0 bridgehead atoms. The zero-order valence-corrected chi connectivity index (χ0v) is 15.9. The summed E-state index contributed by atoms with van der Waals surface area (Å²) in [4.78, 5) is 19.1. The summed E-state index contributed by atoms with van der Waals surface area (Å²) >= 11 is 1.48. The van der Waals surface area contributed by atoms with Gasteiger partial charge in [-0.15, -0.1) is 11.3 Å². The lowest BCUT2D eigenvalue weighted by Crippen LogP contribution is -2.46. The summed E-state index contributed by atoms with van der Waals surface area (Å²) in [5.41, 5.74) is 1.61. The van der Waals surface area contributed by atoms with Gasteiger partial charge in [0.1, 0.15) is 10.8 Å². The molecule has 1 aromatic carbocycles. The molecule has 0 unspecified atom stereocenters. The van der Waals surface area contributed by atoms with Crippen LogP contribution in [-0.2, 0) is 4.79 Å². The van der Waals surface area contributed by atoms with E-state index in [0.717, 1.165) is 42.2 Å². The van der Waals surface area contributed by atoms with Crippen molar-refractivity contribution in [3.05, 3.63) is 47.2 Å². The average molecular weight is 373 g/mol. The third kappa shape index (κ3) is 4.99. The Balaban J connectivity index is 1.52. The van der Waals surface area contributed by atoms with E-state index in [-0.39, 0.29) is 17.8 Å². The molecule has 6 heteroatoms. The maximum atomic E-state index is 13.0. The molecule has 26 heavy (non-hydrogen) atoms. The van der Waals surface area contributed by atoms with Gasteiger partial charge in [-0.2, -0.15) is 0 Å². The van der Waals surface area contributed by atoms with Crippen LogP contribution >= 0.6 is 11.3 Å². The smallest absolute Gasteiger partial charge is 0.244 e. The van der Waals surface area contributed by atoms with E-state index in [2.05, 4.69) is 29.0 Å². The SMILES string of the molecule is CC(C)N1CCC(NC(=O)/C=C/c2csc(-c3ccc(F)cc3)n2)CC1. The Morgan fingerprint density at radius 2 is 2.00 bits per heavy atom. The van der Waals surface area contributed by atoms with E-state index in [4.69, 9.17) is 0 Å². The first kappa shape index (κ1) is 18.7. The van der Waals surface area contributed by atoms with Gasteiger partial charge in [0.05, 0.1) is 5.69 Å². The Kier molecular flexibility index (Phi) is 6.16. The van der Waals surface area contributed by atoms with Gasteiger partial charge in [-0.3, -0.25) is 4.79 Å². The van der Waals surface area contributed by atoms with Gasteiger partial charge < -0.3 is 10.2 Å². The number of rotatable bonds is 5. The molecule has 0 radical (unpaired) electrons. The minimum Gasteiger partial charge on any atom is -0.350 e. The molecule has 3 rings (SSSR count). The van der Waals surface area contributed by atoms with Crippen LogP contribution in [-0.4, -0.2) is 41.0 Å². The van der Waals surface area contributed by atoms with Crippen molar-refractivity contribution in [3.8, 4) is 10.6 Å². The van der Waals surface area contributed by atoms with E-state index < -0.39 is 0 Å². The second-order valence-electron chi connectivity index (χ2n) is 6.83. The molecule has 2 aromatic rings. The number of hydrogen-bond donors (Lipinski definition) is 1. The van der Waals surface area contributed by atoms with Gasteiger partial charge in [-0.1, -0.05) is 0 Å². The predicted octanol–water partition coefficient (Wildman–Crippen LogP) is 3.95. The minimum atomic E-state index is -0.263. The van der Waals surface area contributed by atoms with Crippen LogP contribution in [0.4, 0.5) is 4.39 Å². The van der Waals surface area contributed by atoms with Crippen LogP contribution in [0.5, 0.6) is 0 Å². The fraction of sp³-hybridized carbons (Fsp3) is 0.400. The molecule has 1 fully saturated rings. The molecular weight excluding hydrogens is 349 g/mol. The third-order valence-electron chi connectivity index (χ3n) is 4.62. The van der Waals surface area contributed by atoms with Crippen molar-refractivity contribution in [1.82, 2.24) is 15.2 Å². The molecule has 4 nitrogen and oxygen atoms in total. The number of likely N-dealkylation sites (tertiary alicyclic amines) is 1. The largest absolute Gasteiger partial charge is 0.350 e. The molecule has 0 saturated carbocycles. The van der Waals surface area contributed by atoms with Crippen molar-refractivity contribution in [3.63, 3.8) is 0 Å². The second kappa shape index (κ2) is 8.56. The van der Waals surface area contributed by atoms with Crippen LogP contribution in [0, 0.1) is 5.82 Å². The molecule has 1 amide bonds. The molecule has 0 aliphatic carbocycles. The van der Waals surface area contributed by atoms with Gasteiger partial charge in [0, 0.05) is 42.2 Å². The Morgan fingerprint density at radius 1 is 1.31 bits per heavy atom. The molecule has 2 heterocycles. The van der Waals surface area contributed by atoms with E-state index >= 15 is 0 Å². The first-order chi connectivity index (χ1) is 12.5. The summed E-state index contributed by atoms with van der Waals surface area (Å²) in [6, 6.07) is 7.06. The number of benzene rings is 1. The van der Waals surface area contributed by atoms with E-state index in [1.54, 1.807) is 18.2 Å². The fourth-order valence-electron chi connectivity index (χ4n) is 3.06. The van der Waals surface area contributed by atoms with Gasteiger partial charge in [-0.05, 0) is 57.0 Å². The zero-order valence-electron chi connectivity index (χ0n) is 15.1. The maximum absolute atomic E-state index is 13.0. The van der Waals surface area contributed by atoms with Gasteiger partial charge in [-0.25, -0.2) is 9.37 Å². The monoisotopic (exact) mass is 373 g/mol. The Morgan fingerprint density at radius 3 is 2.65 bits per heavy atom. The van der Waals surface area contributed by atoms with Gasteiger partial charge >= 0.3 is 0 Å². The molecule has 0 atom stereocenters. The average Bonchev–Trinajstić information content (AvgIpc) is 3.10. The Hall–Kier alpha value is -2.05. The van der Waals surface area contributed by atoms with Gasteiger partial charge in [0.25, 0.3) is 0 Å². The summed E-state index contributed by atoms with van der Waals surface area (Å²) in [6.07, 6.45) is 5.24. The van der Waals surface area contributed by atoms with E-state index in [9.17, 15) is 9.18 Å². The molecule has 138 valence electrons. The number of hydrogen-bond acceptors (Lipinski definition) is 4. The number of aromatic nitrogens is 1. The number of carbonyl (C=O) groups is 1. The highest BCUT2D eigenvalue weighted by molar-refractivity contribution is 7.13. The number of halogens is 1. The quantitative estimate of drug-likeness (QED) is 0.807. The fourth-order valence-corrected chi connectivity index (χ4v) is 3.85. The summed E-state index contributed by atoms with van der Waals surface area (Å²) in [5.74, 6) is -0.342. The number of carbonyl (C=O) groups excluding carboxylic acids is 1. The molecule has 1 aromatic heterocycles. The van der Waals surface area contributed by atoms with Crippen LogP contribution in [0.15, 0.2) is 35.7 Å². The summed E-state index contributed by atoms with van der Waals surface area (Å²) in [7, 11) is 0. The number of piperidine rings is 1. The maximum Gasteiger partial charge on any atom is 0.244 e. The zero-order chi connectivity index (χ0) is 18.5. The predicted molar refractivity (Wildman–Crippen MR) is 104 cm³/mol. The molecular formula is C20H24FN3OS. The standard InChI is InChI=1S/C20H24FN3OS/c1-14(2)24-11-9-17(10-12-24)22-19(25)8-7-18-13-26-20(23-18)15-3-5-16(21)6-4-15/h3-8,13-14,17H,9-12H2,1-2H3,(H,22,25)/b8-7+. The number of nitrogens with zero attached hydrogens (tertiary/aromatic N) is 2. The first-order valence-electron chi connectivity index (χ1n) is 8.95. The van der Waals surface area contributed by atoms with Crippen LogP contribution < -0.4 is 5.32 Å². The Bertz CT molecular complexity index is 762. The van der Waals surface area contributed by atoms with Crippen LogP contribution in [0.2, 0.25) is 0 Å². The normalized spacial score (nSPS) is 16.5. The highest BCUT2D eigenvalue weighted by Crippen LogP contribution is 2.24. The number of nitrogens with one attached hydrogen (secondary N) is 1. The van der Waals surface area contributed by atoms with Crippen molar-refractivity contribution in [2.75, 3.05) is 13.1 Å². The summed E-state index contributed by atoms with van der Waals surface area (Å²) in [6.45, 7) is 6.46. The van der Waals surface area contributed by atoms with Crippen LogP contribution in [0.1, 0.15) is 32.4 Å². The van der Waals surface area contributed by atoms with Crippen LogP contribution in [0.25, 0.3) is 16.6 Å². The van der Waals surface area contributed by atoms with Gasteiger partial charge in [0.15, 0.2) is 0 Å². The molecule has 0 spiro atoms. The third-order valence-corrected chi connectivity index (χ3v) is 5.53. The van der Waals surface area contributed by atoms with Crippen molar-refractivity contribution >= 4 is 23.3 Å². The lowest BCUT2D eigenvalue weighted by molar-refractivity contribution is -0.117. The van der Waals surface area contributed by atoms with Crippen molar-refractivity contribution in [2.24, 2.45) is 0 Å². The topological polar surface area (TPSA) is 45.2 Å². The summed E-state index contributed by atoms with van der Waals surface area (Å²) in [5, 5.41) is 5.78. The van der Waals surface area contributed by atoms with E-state index in [1.165, 1.54) is 29.5 Å².